The molecule has 1 fully saturated rings. The van der Waals surface area contributed by atoms with E-state index in [-0.39, 0.29) is 19.4 Å². The predicted octanol–water partition coefficient (Wildman–Crippen LogP) is 0.823. The van der Waals surface area contributed by atoms with Crippen molar-refractivity contribution in [1.82, 2.24) is 0 Å². The van der Waals surface area contributed by atoms with Crippen molar-refractivity contribution in [3.63, 3.8) is 0 Å². The number of nitriles is 1. The smallest absolute Gasteiger partial charge is 0.330 e. The molecule has 0 aliphatic heterocycles. The summed E-state index contributed by atoms with van der Waals surface area (Å²) in [4.78, 5) is 11.8. The third kappa shape index (κ3) is 2.34. The van der Waals surface area contributed by atoms with Crippen molar-refractivity contribution in [1.29, 1.82) is 5.26 Å². The van der Waals surface area contributed by atoms with E-state index in [1.807, 2.05) is 6.07 Å². The summed E-state index contributed by atoms with van der Waals surface area (Å²) in [6, 6.07) is 1.88. The summed E-state index contributed by atoms with van der Waals surface area (Å²) in [5, 5.41) is 8.44. The van der Waals surface area contributed by atoms with Crippen molar-refractivity contribution in [3.05, 3.63) is 12.2 Å². The topological polar surface area (TPSA) is 84.2 Å². The SMILES string of the molecule is C=C1C[C@@H](S(C)(=O)=O)C[C@@]1(C#N)C(=O)OCC. The van der Waals surface area contributed by atoms with E-state index < -0.39 is 26.5 Å². The number of carbonyl (C=O) groups excluding carboxylic acids is 1. The molecule has 0 N–H and O–H groups in total. The highest BCUT2D eigenvalue weighted by molar-refractivity contribution is 7.91. The predicted molar refractivity (Wildman–Crippen MR) is 61.7 cm³/mol. The van der Waals surface area contributed by atoms with Crippen LogP contribution in [0.15, 0.2) is 12.2 Å². The first-order chi connectivity index (χ1) is 7.78. The standard InChI is InChI=1S/C11H15NO4S/c1-4-16-10(13)11(7-12)6-9(5-8(11)2)17(3,14)15/h9H,2,4-6H2,1,3H3/t9-,11+/m1/s1. The number of hydrogen-bond donors (Lipinski definition) is 0. The fourth-order valence-electron chi connectivity index (χ4n) is 1.96. The van der Waals surface area contributed by atoms with Crippen molar-refractivity contribution < 1.29 is 17.9 Å². The van der Waals surface area contributed by atoms with E-state index >= 15 is 0 Å². The number of hydrogen-bond acceptors (Lipinski definition) is 5. The summed E-state index contributed by atoms with van der Waals surface area (Å²) in [5.41, 5.74) is -1.17. The van der Waals surface area contributed by atoms with Gasteiger partial charge in [0.1, 0.15) is 0 Å². The Bertz CT molecular complexity index is 488. The molecule has 94 valence electrons. The van der Waals surface area contributed by atoms with Crippen molar-refractivity contribution in [2.24, 2.45) is 5.41 Å². The van der Waals surface area contributed by atoms with Crippen LogP contribution in [0.5, 0.6) is 0 Å². The van der Waals surface area contributed by atoms with E-state index in [0.29, 0.717) is 5.57 Å². The Kier molecular flexibility index (Phi) is 3.62. The number of sulfone groups is 1. The molecule has 0 aromatic rings. The summed E-state index contributed by atoms with van der Waals surface area (Å²) in [7, 11) is -3.28. The van der Waals surface area contributed by atoms with Gasteiger partial charge in [-0.3, -0.25) is 0 Å². The van der Waals surface area contributed by atoms with Crippen LogP contribution in [0.25, 0.3) is 0 Å². The van der Waals surface area contributed by atoms with Crippen LogP contribution in [0.1, 0.15) is 19.8 Å². The van der Waals surface area contributed by atoms with Gasteiger partial charge in [-0.15, -0.1) is 0 Å². The Morgan fingerprint density at radius 2 is 2.29 bits per heavy atom. The van der Waals surface area contributed by atoms with Crippen LogP contribution in [0, 0.1) is 16.7 Å². The second kappa shape index (κ2) is 4.49. The zero-order valence-electron chi connectivity index (χ0n) is 9.89. The molecular formula is C11H15NO4S. The number of esters is 1. The highest BCUT2D eigenvalue weighted by atomic mass is 32.2. The highest BCUT2D eigenvalue weighted by Crippen LogP contribution is 2.45. The molecule has 0 spiro atoms. The van der Waals surface area contributed by atoms with Gasteiger partial charge >= 0.3 is 5.97 Å². The fourth-order valence-corrected chi connectivity index (χ4v) is 3.02. The molecular weight excluding hydrogens is 242 g/mol. The maximum absolute atomic E-state index is 11.8. The van der Waals surface area contributed by atoms with Gasteiger partial charge in [-0.05, 0) is 25.3 Å². The normalized spacial score (nSPS) is 28.8. The van der Waals surface area contributed by atoms with E-state index in [1.165, 1.54) is 0 Å². The first-order valence-electron chi connectivity index (χ1n) is 5.23. The molecule has 0 aromatic heterocycles. The molecule has 0 aromatic carbocycles. The Morgan fingerprint density at radius 3 is 2.65 bits per heavy atom. The zero-order valence-corrected chi connectivity index (χ0v) is 10.7. The van der Waals surface area contributed by atoms with Crippen LogP contribution in [0.3, 0.4) is 0 Å². The molecule has 0 amide bonds. The lowest BCUT2D eigenvalue weighted by molar-refractivity contribution is -0.149. The third-order valence-corrected chi connectivity index (χ3v) is 4.58. The van der Waals surface area contributed by atoms with E-state index in [1.54, 1.807) is 6.92 Å². The van der Waals surface area contributed by atoms with Gasteiger partial charge in [0.2, 0.25) is 0 Å². The Hall–Kier alpha value is -1.35. The summed E-state index contributed by atoms with van der Waals surface area (Å²) < 4.78 is 27.8. The van der Waals surface area contributed by atoms with Crippen LogP contribution in [-0.4, -0.2) is 32.5 Å². The number of carbonyl (C=O) groups is 1. The molecule has 0 saturated heterocycles. The number of nitrogens with zero attached hydrogens (tertiary/aromatic N) is 1. The van der Waals surface area contributed by atoms with Crippen LogP contribution in [-0.2, 0) is 19.4 Å². The molecule has 0 bridgehead atoms. The summed E-state index contributed by atoms with van der Waals surface area (Å²) in [6.07, 6.45) is 1.19. The van der Waals surface area contributed by atoms with E-state index in [2.05, 4.69) is 6.58 Å². The average Bonchev–Trinajstić information content (AvgIpc) is 2.56. The number of rotatable bonds is 3. The van der Waals surface area contributed by atoms with Gasteiger partial charge in [-0.2, -0.15) is 5.26 Å². The van der Waals surface area contributed by atoms with Crippen LogP contribution in [0.2, 0.25) is 0 Å². The minimum atomic E-state index is -3.28. The summed E-state index contributed by atoms with van der Waals surface area (Å²) in [6.45, 7) is 5.44. The fraction of sp³-hybridized carbons (Fsp3) is 0.636. The second-order valence-electron chi connectivity index (χ2n) is 4.20. The highest BCUT2D eigenvalue weighted by Gasteiger charge is 2.52. The second-order valence-corrected chi connectivity index (χ2v) is 6.53. The molecule has 17 heavy (non-hydrogen) atoms. The van der Waals surface area contributed by atoms with Gasteiger partial charge in [0.25, 0.3) is 0 Å². The molecule has 0 heterocycles. The third-order valence-electron chi connectivity index (χ3n) is 3.03. The van der Waals surface area contributed by atoms with Gasteiger partial charge in [0, 0.05) is 6.26 Å². The maximum atomic E-state index is 11.8. The monoisotopic (exact) mass is 257 g/mol. The Morgan fingerprint density at radius 1 is 1.71 bits per heavy atom. The average molecular weight is 257 g/mol. The van der Waals surface area contributed by atoms with E-state index in [9.17, 15) is 13.2 Å². The minimum Gasteiger partial charge on any atom is -0.465 e. The van der Waals surface area contributed by atoms with Gasteiger partial charge in [0.05, 0.1) is 17.9 Å². The van der Waals surface area contributed by atoms with Crippen molar-refractivity contribution in [2.45, 2.75) is 25.0 Å². The molecule has 1 aliphatic carbocycles. The molecule has 1 aliphatic rings. The molecule has 1 saturated carbocycles. The van der Waals surface area contributed by atoms with Crippen LogP contribution < -0.4 is 0 Å². The maximum Gasteiger partial charge on any atom is 0.330 e. The largest absolute Gasteiger partial charge is 0.465 e. The Labute approximate surface area is 101 Å². The Balaban J connectivity index is 3.09. The molecule has 1 rings (SSSR count). The quantitative estimate of drug-likeness (QED) is 0.552. The van der Waals surface area contributed by atoms with Crippen molar-refractivity contribution in [3.8, 4) is 6.07 Å². The molecule has 0 radical (unpaired) electrons. The first-order valence-corrected chi connectivity index (χ1v) is 7.19. The van der Waals surface area contributed by atoms with Crippen molar-refractivity contribution >= 4 is 15.8 Å². The molecule has 6 heteroatoms. The van der Waals surface area contributed by atoms with Crippen LogP contribution >= 0.6 is 0 Å². The zero-order chi connectivity index (χ0) is 13.3. The van der Waals surface area contributed by atoms with E-state index in [4.69, 9.17) is 10.00 Å². The van der Waals surface area contributed by atoms with Crippen molar-refractivity contribution in [2.75, 3.05) is 12.9 Å². The van der Waals surface area contributed by atoms with Gasteiger partial charge in [-0.25, -0.2) is 13.2 Å². The molecule has 0 unspecified atom stereocenters. The minimum absolute atomic E-state index is 0.0556. The lowest BCUT2D eigenvalue weighted by atomic mass is 9.85. The summed E-state index contributed by atoms with van der Waals surface area (Å²) in [5.74, 6) is -0.696. The van der Waals surface area contributed by atoms with E-state index in [0.717, 1.165) is 6.26 Å². The van der Waals surface area contributed by atoms with Gasteiger partial charge < -0.3 is 4.74 Å². The van der Waals surface area contributed by atoms with Gasteiger partial charge in [-0.1, -0.05) is 6.58 Å². The first kappa shape index (κ1) is 13.7. The lowest BCUT2D eigenvalue weighted by Gasteiger charge is -2.19. The lowest BCUT2D eigenvalue weighted by Crippen LogP contribution is -2.31. The number of ether oxygens (including phenoxy) is 1. The summed E-state index contributed by atoms with van der Waals surface area (Å²) >= 11 is 0. The molecule has 5 nitrogen and oxygen atoms in total. The molecule has 2 atom stereocenters. The van der Waals surface area contributed by atoms with Crippen LogP contribution in [0.4, 0.5) is 0 Å². The van der Waals surface area contributed by atoms with Gasteiger partial charge in [0.15, 0.2) is 15.3 Å².